The lowest BCUT2D eigenvalue weighted by molar-refractivity contribution is -0.255. The first-order chi connectivity index (χ1) is 11.4. The van der Waals surface area contributed by atoms with Crippen molar-refractivity contribution in [3.05, 3.63) is 69.2 Å². The Bertz CT molecular complexity index is 868. The van der Waals surface area contributed by atoms with E-state index in [2.05, 4.69) is 5.32 Å². The smallest absolute Gasteiger partial charge is 0.266 e. The maximum Gasteiger partial charge on any atom is 0.266 e. The van der Waals surface area contributed by atoms with E-state index in [0.717, 1.165) is 0 Å². The molecular weight excluding hydrogens is 351 g/mol. The van der Waals surface area contributed by atoms with Crippen molar-refractivity contribution in [2.24, 2.45) is 0 Å². The maximum atomic E-state index is 12.2. The van der Waals surface area contributed by atoms with Gasteiger partial charge in [0.25, 0.3) is 5.91 Å². The van der Waals surface area contributed by atoms with E-state index in [4.69, 9.17) is 28.5 Å². The number of amides is 1. The summed E-state index contributed by atoms with van der Waals surface area (Å²) in [6, 6.07) is 11.9. The molecule has 2 aromatic rings. The van der Waals surface area contributed by atoms with E-state index in [0.29, 0.717) is 10.6 Å². The number of halogens is 2. The molecule has 0 unspecified atom stereocenters. The quantitative estimate of drug-likeness (QED) is 0.670. The van der Waals surface area contributed by atoms with Crippen LogP contribution in [0.5, 0.6) is 0 Å². The van der Waals surface area contributed by atoms with Gasteiger partial charge < -0.3 is 15.2 Å². The molecule has 0 aromatic heterocycles. The Morgan fingerprint density at radius 2 is 1.79 bits per heavy atom. The number of aromatic carboxylic acids is 1. The number of carboxylic acid groups (broad SMARTS) is 1. The van der Waals surface area contributed by atoms with Crippen LogP contribution < -0.4 is 10.4 Å². The summed E-state index contributed by atoms with van der Waals surface area (Å²) in [6.45, 7) is 0. The monoisotopic (exact) mass is 359 g/mol. The highest BCUT2D eigenvalue weighted by Crippen LogP contribution is 2.26. The van der Waals surface area contributed by atoms with Crippen molar-refractivity contribution in [3.8, 4) is 6.07 Å². The first-order valence-electron chi connectivity index (χ1n) is 6.60. The highest BCUT2D eigenvalue weighted by molar-refractivity contribution is 6.36. The SMILES string of the molecule is N#C/C(=C\c1ccc(C(=O)[O-])cc1)C(=O)Nc1cc(Cl)ccc1Cl. The average molecular weight is 360 g/mol. The molecule has 0 heterocycles. The van der Waals surface area contributed by atoms with Gasteiger partial charge in [0.05, 0.1) is 16.7 Å². The van der Waals surface area contributed by atoms with Gasteiger partial charge in [0.2, 0.25) is 0 Å². The molecule has 0 saturated carbocycles. The number of nitriles is 1. The molecule has 7 heteroatoms. The summed E-state index contributed by atoms with van der Waals surface area (Å²) in [5.41, 5.74) is 0.597. The predicted octanol–water partition coefficient (Wildman–Crippen LogP) is 2.90. The number of nitrogens with zero attached hydrogens (tertiary/aromatic N) is 1. The van der Waals surface area contributed by atoms with Gasteiger partial charge in [-0.15, -0.1) is 0 Å². The molecule has 2 aromatic carbocycles. The number of carbonyl (C=O) groups excluding carboxylic acids is 2. The first kappa shape index (κ1) is 17.5. The zero-order valence-corrected chi connectivity index (χ0v) is 13.6. The second-order valence-electron chi connectivity index (χ2n) is 4.66. The van der Waals surface area contributed by atoms with Gasteiger partial charge in [-0.2, -0.15) is 5.26 Å². The summed E-state index contributed by atoms with van der Waals surface area (Å²) in [4.78, 5) is 22.9. The third-order valence-corrected chi connectivity index (χ3v) is 3.56. The average Bonchev–Trinajstić information content (AvgIpc) is 2.56. The number of hydrogen-bond acceptors (Lipinski definition) is 4. The summed E-state index contributed by atoms with van der Waals surface area (Å²) in [7, 11) is 0. The van der Waals surface area contributed by atoms with Crippen LogP contribution in [0.15, 0.2) is 48.0 Å². The molecule has 1 amide bonds. The van der Waals surface area contributed by atoms with Crippen LogP contribution in [-0.2, 0) is 4.79 Å². The van der Waals surface area contributed by atoms with Gasteiger partial charge in [-0.3, -0.25) is 4.79 Å². The number of carbonyl (C=O) groups is 2. The van der Waals surface area contributed by atoms with Crippen molar-refractivity contribution in [3.63, 3.8) is 0 Å². The number of nitrogens with one attached hydrogen (secondary N) is 1. The second kappa shape index (κ2) is 7.64. The molecule has 2 rings (SSSR count). The second-order valence-corrected chi connectivity index (χ2v) is 5.50. The lowest BCUT2D eigenvalue weighted by Gasteiger charge is -2.07. The van der Waals surface area contributed by atoms with Gasteiger partial charge in [0.1, 0.15) is 11.6 Å². The zero-order chi connectivity index (χ0) is 17.7. The fourth-order valence-electron chi connectivity index (χ4n) is 1.81. The molecule has 0 aliphatic heterocycles. The molecule has 1 N–H and O–H groups in total. The van der Waals surface area contributed by atoms with Gasteiger partial charge in [-0.05, 0) is 35.4 Å². The number of anilines is 1. The third-order valence-electron chi connectivity index (χ3n) is 3.00. The minimum absolute atomic E-state index is 0.000758. The van der Waals surface area contributed by atoms with Crippen LogP contribution in [0.3, 0.4) is 0 Å². The summed E-state index contributed by atoms with van der Waals surface area (Å²) in [5.74, 6) is -1.97. The van der Waals surface area contributed by atoms with Crippen LogP contribution in [0.2, 0.25) is 10.0 Å². The van der Waals surface area contributed by atoms with Crippen molar-refractivity contribution in [1.29, 1.82) is 5.26 Å². The van der Waals surface area contributed by atoms with E-state index in [9.17, 15) is 14.7 Å². The van der Waals surface area contributed by atoms with E-state index in [1.807, 2.05) is 0 Å². The van der Waals surface area contributed by atoms with Crippen LogP contribution in [0.1, 0.15) is 15.9 Å². The molecule has 0 bridgehead atoms. The van der Waals surface area contributed by atoms with E-state index in [1.165, 1.54) is 42.5 Å². The van der Waals surface area contributed by atoms with Gasteiger partial charge in [0, 0.05) is 5.02 Å². The molecule has 0 aliphatic carbocycles. The fourth-order valence-corrected chi connectivity index (χ4v) is 2.15. The molecule has 5 nitrogen and oxygen atoms in total. The van der Waals surface area contributed by atoms with Crippen molar-refractivity contribution >= 4 is 46.8 Å². The third kappa shape index (κ3) is 4.35. The minimum atomic E-state index is -1.31. The van der Waals surface area contributed by atoms with Gasteiger partial charge >= 0.3 is 0 Å². The molecule has 0 fully saturated rings. The van der Waals surface area contributed by atoms with E-state index in [1.54, 1.807) is 12.1 Å². The molecule has 0 spiro atoms. The molecule has 0 atom stereocenters. The minimum Gasteiger partial charge on any atom is -0.545 e. The largest absolute Gasteiger partial charge is 0.545 e. The Hall–Kier alpha value is -2.81. The number of benzene rings is 2. The maximum absolute atomic E-state index is 12.2. The Morgan fingerprint density at radius 1 is 1.12 bits per heavy atom. The van der Waals surface area contributed by atoms with Gasteiger partial charge in [-0.25, -0.2) is 0 Å². The van der Waals surface area contributed by atoms with Gasteiger partial charge in [0.15, 0.2) is 0 Å². The predicted molar refractivity (Wildman–Crippen MR) is 89.5 cm³/mol. The molecular formula is C17H9Cl2N2O3-. The summed E-state index contributed by atoms with van der Waals surface area (Å²) < 4.78 is 0. The Kier molecular flexibility index (Phi) is 5.59. The Labute approximate surface area is 147 Å². The summed E-state index contributed by atoms with van der Waals surface area (Å²) in [5, 5.41) is 23.0. The number of rotatable bonds is 4. The Morgan fingerprint density at radius 3 is 2.38 bits per heavy atom. The van der Waals surface area contributed by atoms with Crippen LogP contribution in [0.25, 0.3) is 6.08 Å². The molecule has 0 radical (unpaired) electrons. The zero-order valence-electron chi connectivity index (χ0n) is 12.0. The lowest BCUT2D eigenvalue weighted by atomic mass is 10.1. The highest BCUT2D eigenvalue weighted by atomic mass is 35.5. The summed E-state index contributed by atoms with van der Waals surface area (Å²) in [6.07, 6.45) is 1.33. The first-order valence-corrected chi connectivity index (χ1v) is 7.36. The van der Waals surface area contributed by atoms with Crippen LogP contribution in [-0.4, -0.2) is 11.9 Å². The van der Waals surface area contributed by atoms with Crippen LogP contribution in [0.4, 0.5) is 5.69 Å². The molecule has 0 aliphatic rings. The summed E-state index contributed by atoms with van der Waals surface area (Å²) >= 11 is 11.8. The number of hydrogen-bond donors (Lipinski definition) is 1. The van der Waals surface area contributed by atoms with E-state index < -0.39 is 11.9 Å². The van der Waals surface area contributed by atoms with Crippen molar-refractivity contribution in [1.82, 2.24) is 0 Å². The van der Waals surface area contributed by atoms with Crippen LogP contribution in [0, 0.1) is 11.3 Å². The fraction of sp³-hybridized carbons (Fsp3) is 0. The van der Waals surface area contributed by atoms with E-state index in [-0.39, 0.29) is 21.8 Å². The van der Waals surface area contributed by atoms with Crippen LogP contribution >= 0.6 is 23.2 Å². The number of carboxylic acids is 1. The topological polar surface area (TPSA) is 93.0 Å². The standard InChI is InChI=1S/C17H10Cl2N2O3/c18-13-5-6-14(19)15(8-13)21-16(22)12(9-20)7-10-1-3-11(4-2-10)17(23)24/h1-8H,(H,21,22)(H,23,24)/p-1/b12-7+. The normalized spacial score (nSPS) is 10.8. The van der Waals surface area contributed by atoms with E-state index >= 15 is 0 Å². The molecule has 120 valence electrons. The molecule has 24 heavy (non-hydrogen) atoms. The molecule has 0 saturated heterocycles. The Balaban J connectivity index is 2.24. The van der Waals surface area contributed by atoms with Crippen molar-refractivity contribution < 1.29 is 14.7 Å². The van der Waals surface area contributed by atoms with Crippen molar-refractivity contribution in [2.75, 3.05) is 5.32 Å². The van der Waals surface area contributed by atoms with Gasteiger partial charge in [-0.1, -0.05) is 47.5 Å². The lowest BCUT2D eigenvalue weighted by Crippen LogP contribution is -2.21. The van der Waals surface area contributed by atoms with Crippen molar-refractivity contribution in [2.45, 2.75) is 0 Å². The highest BCUT2D eigenvalue weighted by Gasteiger charge is 2.12.